The standard InChI is InChI=1S/C31H27ClN2O5S/c1-4-38-30(36)27-19(2)33-31-34(28(27)22-10-14-24(37-3)15-11-22)29(35)26(40-31)17-21-6-5-7-25(16-21)39-18-20-8-12-23(32)13-9-20/h5-17,28H,4,18H2,1-3H3/b26-17-/t28-/m1/s1. The minimum Gasteiger partial charge on any atom is -0.497 e. The highest BCUT2D eigenvalue weighted by molar-refractivity contribution is 7.07. The molecule has 4 aromatic rings. The van der Waals surface area contributed by atoms with Gasteiger partial charge in [-0.3, -0.25) is 9.36 Å². The Hall–Kier alpha value is -4.14. The number of carbonyl (C=O) groups is 1. The van der Waals surface area contributed by atoms with Crippen LogP contribution in [0.25, 0.3) is 6.08 Å². The summed E-state index contributed by atoms with van der Waals surface area (Å²) in [6.45, 7) is 4.12. The molecule has 0 amide bonds. The van der Waals surface area contributed by atoms with E-state index in [0.29, 0.717) is 43.7 Å². The third kappa shape index (κ3) is 5.73. The van der Waals surface area contributed by atoms with E-state index in [4.69, 9.17) is 25.8 Å². The van der Waals surface area contributed by atoms with Crippen molar-refractivity contribution in [1.82, 2.24) is 4.57 Å². The molecule has 0 saturated heterocycles. The first-order chi connectivity index (χ1) is 19.4. The molecule has 1 atom stereocenters. The van der Waals surface area contributed by atoms with Gasteiger partial charge in [-0.05, 0) is 73.0 Å². The lowest BCUT2D eigenvalue weighted by Crippen LogP contribution is -2.39. The summed E-state index contributed by atoms with van der Waals surface area (Å²) in [6, 6.07) is 21.6. The van der Waals surface area contributed by atoms with Crippen LogP contribution in [0.3, 0.4) is 0 Å². The molecule has 0 saturated carbocycles. The van der Waals surface area contributed by atoms with Gasteiger partial charge in [-0.2, -0.15) is 0 Å². The number of esters is 1. The summed E-state index contributed by atoms with van der Waals surface area (Å²) in [5, 5.41) is 0.672. The van der Waals surface area contributed by atoms with Crippen molar-refractivity contribution in [1.29, 1.82) is 0 Å². The van der Waals surface area contributed by atoms with E-state index in [1.54, 1.807) is 37.7 Å². The second kappa shape index (κ2) is 11.9. The fraction of sp³-hybridized carbons (Fsp3) is 0.194. The summed E-state index contributed by atoms with van der Waals surface area (Å²) in [7, 11) is 1.59. The molecule has 9 heteroatoms. The van der Waals surface area contributed by atoms with Gasteiger partial charge in [-0.25, -0.2) is 9.79 Å². The Labute approximate surface area is 240 Å². The van der Waals surface area contributed by atoms with Crippen LogP contribution in [0.2, 0.25) is 5.02 Å². The maximum Gasteiger partial charge on any atom is 0.338 e. The molecule has 0 aliphatic carbocycles. The number of hydrogen-bond acceptors (Lipinski definition) is 7. The average Bonchev–Trinajstić information content (AvgIpc) is 3.26. The van der Waals surface area contributed by atoms with Gasteiger partial charge in [0.15, 0.2) is 4.80 Å². The maximum atomic E-state index is 13.8. The Morgan fingerprint density at radius 3 is 2.52 bits per heavy atom. The number of fused-ring (bicyclic) bond motifs is 1. The van der Waals surface area contributed by atoms with E-state index < -0.39 is 12.0 Å². The largest absolute Gasteiger partial charge is 0.497 e. The van der Waals surface area contributed by atoms with Crippen LogP contribution < -0.4 is 24.4 Å². The number of allylic oxidation sites excluding steroid dienone is 1. The Bertz CT molecular complexity index is 1760. The van der Waals surface area contributed by atoms with Gasteiger partial charge in [0.05, 0.1) is 35.6 Å². The van der Waals surface area contributed by atoms with Crippen LogP contribution >= 0.6 is 22.9 Å². The van der Waals surface area contributed by atoms with Gasteiger partial charge in [-0.15, -0.1) is 0 Å². The number of benzene rings is 3. The van der Waals surface area contributed by atoms with Crippen molar-refractivity contribution in [3.05, 3.63) is 125 Å². The van der Waals surface area contributed by atoms with Gasteiger partial charge in [-0.1, -0.05) is 59.3 Å². The van der Waals surface area contributed by atoms with Gasteiger partial charge >= 0.3 is 5.97 Å². The van der Waals surface area contributed by atoms with Crippen molar-refractivity contribution in [2.45, 2.75) is 26.5 Å². The van der Waals surface area contributed by atoms with E-state index in [-0.39, 0.29) is 12.2 Å². The topological polar surface area (TPSA) is 79.1 Å². The second-order valence-electron chi connectivity index (χ2n) is 9.06. The molecule has 7 nitrogen and oxygen atoms in total. The summed E-state index contributed by atoms with van der Waals surface area (Å²) >= 11 is 7.25. The Kier molecular flexibility index (Phi) is 8.19. The van der Waals surface area contributed by atoms with Crippen LogP contribution in [0, 0.1) is 0 Å². The summed E-state index contributed by atoms with van der Waals surface area (Å²) in [5.74, 6) is 0.852. The molecule has 2 heterocycles. The minimum atomic E-state index is -0.683. The van der Waals surface area contributed by atoms with Crippen LogP contribution in [-0.2, 0) is 16.1 Å². The lowest BCUT2D eigenvalue weighted by Gasteiger charge is -2.24. The number of thiazole rings is 1. The number of carbonyl (C=O) groups excluding carboxylic acids is 1. The highest BCUT2D eigenvalue weighted by Crippen LogP contribution is 2.31. The van der Waals surface area contributed by atoms with Gasteiger partial charge < -0.3 is 14.2 Å². The van der Waals surface area contributed by atoms with Crippen molar-refractivity contribution < 1.29 is 19.0 Å². The van der Waals surface area contributed by atoms with Crippen LogP contribution in [0.1, 0.15) is 36.6 Å². The fourth-order valence-electron chi connectivity index (χ4n) is 4.49. The van der Waals surface area contributed by atoms with Gasteiger partial charge in [0.2, 0.25) is 0 Å². The molecule has 40 heavy (non-hydrogen) atoms. The predicted molar refractivity (Wildman–Crippen MR) is 156 cm³/mol. The first kappa shape index (κ1) is 27.4. The lowest BCUT2D eigenvalue weighted by atomic mass is 9.96. The number of methoxy groups -OCH3 is 1. The molecular weight excluding hydrogens is 548 g/mol. The molecule has 0 fully saturated rings. The second-order valence-corrected chi connectivity index (χ2v) is 10.5. The smallest absolute Gasteiger partial charge is 0.338 e. The van der Waals surface area contributed by atoms with Gasteiger partial charge in [0, 0.05) is 5.02 Å². The van der Waals surface area contributed by atoms with Crippen molar-refractivity contribution in [3.63, 3.8) is 0 Å². The predicted octanol–water partition coefficient (Wildman–Crippen LogP) is 5.04. The maximum absolute atomic E-state index is 13.8. The Morgan fingerprint density at radius 2 is 1.82 bits per heavy atom. The molecule has 1 aliphatic rings. The minimum absolute atomic E-state index is 0.214. The fourth-order valence-corrected chi connectivity index (χ4v) is 5.66. The number of nitrogens with zero attached hydrogens (tertiary/aromatic N) is 2. The average molecular weight is 575 g/mol. The zero-order chi connectivity index (χ0) is 28.2. The molecule has 0 spiro atoms. The molecule has 3 aromatic carbocycles. The summed E-state index contributed by atoms with van der Waals surface area (Å²) < 4.78 is 18.7. The van der Waals surface area contributed by atoms with Gasteiger partial charge in [0.25, 0.3) is 5.56 Å². The van der Waals surface area contributed by atoms with E-state index in [2.05, 4.69) is 4.99 Å². The highest BCUT2D eigenvalue weighted by atomic mass is 35.5. The summed E-state index contributed by atoms with van der Waals surface area (Å²) in [6.07, 6.45) is 1.81. The molecular formula is C31H27ClN2O5S. The number of halogens is 1. The number of aromatic nitrogens is 1. The lowest BCUT2D eigenvalue weighted by molar-refractivity contribution is -0.139. The van der Waals surface area contributed by atoms with E-state index >= 15 is 0 Å². The molecule has 0 unspecified atom stereocenters. The summed E-state index contributed by atoms with van der Waals surface area (Å²) in [5.41, 5.74) is 3.17. The third-order valence-corrected chi connectivity index (χ3v) is 7.66. The summed E-state index contributed by atoms with van der Waals surface area (Å²) in [4.78, 5) is 32.0. The van der Waals surface area contributed by atoms with Crippen molar-refractivity contribution in [3.8, 4) is 11.5 Å². The van der Waals surface area contributed by atoms with Crippen molar-refractivity contribution in [2.24, 2.45) is 4.99 Å². The molecule has 0 bridgehead atoms. The van der Waals surface area contributed by atoms with Crippen molar-refractivity contribution in [2.75, 3.05) is 13.7 Å². The number of hydrogen-bond donors (Lipinski definition) is 0. The molecule has 5 rings (SSSR count). The number of ether oxygens (including phenoxy) is 3. The van der Waals surface area contributed by atoms with E-state index in [9.17, 15) is 9.59 Å². The number of rotatable bonds is 8. The quantitative estimate of drug-likeness (QED) is 0.276. The van der Waals surface area contributed by atoms with E-state index in [1.165, 1.54) is 11.3 Å². The van der Waals surface area contributed by atoms with Gasteiger partial charge in [0.1, 0.15) is 18.1 Å². The SMILES string of the molecule is CCOC(=O)C1=C(C)N=c2s/c(=C\c3cccc(OCc4ccc(Cl)cc4)c3)c(=O)n2[C@@H]1c1ccc(OC)cc1. The molecule has 0 radical (unpaired) electrons. The zero-order valence-corrected chi connectivity index (χ0v) is 23.8. The van der Waals surface area contributed by atoms with Crippen LogP contribution in [0.5, 0.6) is 11.5 Å². The third-order valence-electron chi connectivity index (χ3n) is 6.42. The van der Waals surface area contributed by atoms with Crippen LogP contribution in [0.4, 0.5) is 0 Å². The molecule has 204 valence electrons. The zero-order valence-electron chi connectivity index (χ0n) is 22.2. The molecule has 1 aromatic heterocycles. The monoisotopic (exact) mass is 574 g/mol. The van der Waals surface area contributed by atoms with E-state index in [1.807, 2.05) is 66.7 Å². The van der Waals surface area contributed by atoms with Crippen LogP contribution in [-0.4, -0.2) is 24.3 Å². The normalized spacial score (nSPS) is 14.9. The first-order valence-electron chi connectivity index (χ1n) is 12.7. The highest BCUT2D eigenvalue weighted by Gasteiger charge is 2.33. The van der Waals surface area contributed by atoms with E-state index in [0.717, 1.165) is 16.7 Å². The van der Waals surface area contributed by atoms with Crippen molar-refractivity contribution >= 4 is 35.0 Å². The van der Waals surface area contributed by atoms with Crippen LogP contribution in [0.15, 0.2) is 93.9 Å². The molecule has 0 N–H and O–H groups in total. The Balaban J connectivity index is 1.53. The Morgan fingerprint density at radius 1 is 1.07 bits per heavy atom. The molecule has 1 aliphatic heterocycles. The first-order valence-corrected chi connectivity index (χ1v) is 13.9.